The zero-order valence-electron chi connectivity index (χ0n) is 29.6. The van der Waals surface area contributed by atoms with E-state index in [9.17, 15) is 22.8 Å². The topological polar surface area (TPSA) is 55.8 Å². The number of alkyl halides is 3. The van der Waals surface area contributed by atoms with Crippen LogP contribution in [0, 0.1) is 5.92 Å². The molecule has 6 rings (SSSR count). The lowest BCUT2D eigenvalue weighted by atomic mass is 9.88. The minimum absolute atomic E-state index is 0.0161. The van der Waals surface area contributed by atoms with Gasteiger partial charge in [-0.2, -0.15) is 13.2 Å². The molecule has 9 heteroatoms. The number of ketones is 1. The Morgan fingerprint density at radius 2 is 1.22 bits per heavy atom. The number of esters is 1. The predicted octanol–water partition coefficient (Wildman–Crippen LogP) is 12.0. The van der Waals surface area contributed by atoms with Gasteiger partial charge < -0.3 is 9.47 Å². The molecule has 3 heterocycles. The summed E-state index contributed by atoms with van der Waals surface area (Å²) in [6.45, 7) is 2.57. The number of carbonyl (C=O) groups excluding carboxylic acids is 2. The Bertz CT molecular complexity index is 1410. The molecule has 0 radical (unpaired) electrons. The summed E-state index contributed by atoms with van der Waals surface area (Å²) in [5.74, 6) is -3.06. The molecule has 50 heavy (non-hydrogen) atoms. The summed E-state index contributed by atoms with van der Waals surface area (Å²) in [7, 11) is 0. The molecule has 4 aliphatic rings. The Balaban J connectivity index is 1.31. The molecule has 0 spiro atoms. The van der Waals surface area contributed by atoms with Crippen LogP contribution >= 0.6 is 15.9 Å². The van der Waals surface area contributed by atoms with Crippen molar-refractivity contribution in [1.82, 2.24) is 4.90 Å². The number of rotatable bonds is 3. The lowest BCUT2D eigenvalue weighted by Gasteiger charge is -2.39. The van der Waals surface area contributed by atoms with Gasteiger partial charge in [0.15, 0.2) is 17.3 Å². The fraction of sp³-hybridized carbons (Fsp3) is 0.659. The van der Waals surface area contributed by atoms with Crippen molar-refractivity contribution in [3.63, 3.8) is 0 Å². The second kappa shape index (κ2) is 19.4. The van der Waals surface area contributed by atoms with E-state index in [1.54, 1.807) is 30.3 Å². The number of hydrogen-bond donors (Lipinski definition) is 0. The van der Waals surface area contributed by atoms with Gasteiger partial charge in [0.25, 0.3) is 0 Å². The molecule has 276 valence electrons. The zero-order valence-corrected chi connectivity index (χ0v) is 31.2. The number of carbonyl (C=O) groups is 2. The van der Waals surface area contributed by atoms with Crippen molar-refractivity contribution in [3.8, 4) is 22.6 Å². The van der Waals surface area contributed by atoms with Gasteiger partial charge in [-0.1, -0.05) is 138 Å². The van der Waals surface area contributed by atoms with Gasteiger partial charge in [0, 0.05) is 16.6 Å². The van der Waals surface area contributed by atoms with Crippen LogP contribution in [0.25, 0.3) is 11.1 Å². The highest BCUT2D eigenvalue weighted by atomic mass is 79.9. The van der Waals surface area contributed by atoms with Crippen LogP contribution in [0.1, 0.15) is 151 Å². The minimum Gasteiger partial charge on any atom is -0.485 e. The van der Waals surface area contributed by atoms with Crippen molar-refractivity contribution in [2.75, 3.05) is 19.6 Å². The van der Waals surface area contributed by atoms with Crippen molar-refractivity contribution >= 4 is 27.7 Å². The molecule has 0 N–H and O–H groups in total. The van der Waals surface area contributed by atoms with Crippen LogP contribution in [0.4, 0.5) is 13.2 Å². The molecular weight excluding hydrogens is 707 g/mol. The van der Waals surface area contributed by atoms with E-state index in [2.05, 4.69) is 20.8 Å². The average Bonchev–Trinajstić information content (AvgIpc) is 3.36. The molecule has 3 saturated heterocycles. The van der Waals surface area contributed by atoms with Crippen molar-refractivity contribution in [3.05, 3.63) is 45.9 Å². The fourth-order valence-electron chi connectivity index (χ4n) is 8.04. The third kappa shape index (κ3) is 11.1. The summed E-state index contributed by atoms with van der Waals surface area (Å²) in [4.78, 5) is 28.3. The predicted molar refractivity (Wildman–Crippen MR) is 196 cm³/mol. The van der Waals surface area contributed by atoms with Gasteiger partial charge in [0.05, 0.1) is 5.56 Å². The molecule has 3 atom stereocenters. The highest BCUT2D eigenvalue weighted by Gasteiger charge is 2.44. The van der Waals surface area contributed by atoms with Gasteiger partial charge in [0.2, 0.25) is 0 Å². The Morgan fingerprint density at radius 1 is 0.680 bits per heavy atom. The standard InChI is InChI=1S/C41H55BrF3NO4/c42-31-21-22-32-33-23-24-35(39(50-40(48)41(43,44)45)37(33)38(47)34(32)28-31)49-36-29-46-26-19-17-15-13-11-9-7-5-3-1-2-4-6-8-10-12-14-16-18-20-30(36)25-27-46/h21-24,28,30,36H,1-20,25-27,29H2. The monoisotopic (exact) mass is 761 g/mol. The van der Waals surface area contributed by atoms with Crippen LogP contribution in [-0.2, 0) is 4.79 Å². The fourth-order valence-corrected chi connectivity index (χ4v) is 8.40. The van der Waals surface area contributed by atoms with E-state index in [1.165, 1.54) is 103 Å². The molecule has 2 aromatic rings. The maximum atomic E-state index is 13.6. The largest absolute Gasteiger partial charge is 0.491 e. The first-order valence-electron chi connectivity index (χ1n) is 19.4. The average molecular weight is 763 g/mol. The third-order valence-electron chi connectivity index (χ3n) is 10.9. The van der Waals surface area contributed by atoms with E-state index in [-0.39, 0.29) is 23.3 Å². The van der Waals surface area contributed by atoms with Crippen molar-refractivity contribution < 1.29 is 32.2 Å². The van der Waals surface area contributed by atoms with E-state index in [0.29, 0.717) is 27.7 Å². The summed E-state index contributed by atoms with van der Waals surface area (Å²) in [6.07, 6.45) is 20.8. The second-order valence-electron chi connectivity index (χ2n) is 14.7. The highest BCUT2D eigenvalue weighted by Crippen LogP contribution is 2.47. The number of piperidine rings is 1. The normalized spacial score (nSPS) is 24.0. The third-order valence-corrected chi connectivity index (χ3v) is 11.4. The first-order chi connectivity index (χ1) is 24.2. The van der Waals surface area contributed by atoms with Gasteiger partial charge >= 0.3 is 12.1 Å². The zero-order chi connectivity index (χ0) is 35.3. The summed E-state index contributed by atoms with van der Waals surface area (Å²) in [5, 5.41) is 0. The molecular formula is C41H55BrF3NO4. The molecule has 1 aliphatic carbocycles. The first-order valence-corrected chi connectivity index (χ1v) is 20.2. The summed E-state index contributed by atoms with van der Waals surface area (Å²) in [6, 6.07) is 8.43. The highest BCUT2D eigenvalue weighted by molar-refractivity contribution is 9.10. The molecule has 0 saturated carbocycles. The van der Waals surface area contributed by atoms with E-state index >= 15 is 0 Å². The number of nitrogens with zero attached hydrogens (tertiary/aromatic N) is 1. The quantitative estimate of drug-likeness (QED) is 0.196. The summed E-state index contributed by atoms with van der Waals surface area (Å²) >= 11 is 3.39. The Morgan fingerprint density at radius 3 is 1.80 bits per heavy atom. The smallest absolute Gasteiger partial charge is 0.485 e. The number of ether oxygens (including phenoxy) is 2. The number of fused-ring (bicyclic) bond motifs is 25. The van der Waals surface area contributed by atoms with Crippen LogP contribution in [-0.4, -0.2) is 48.6 Å². The number of benzene rings is 2. The molecule has 3 fully saturated rings. The molecule has 5 nitrogen and oxygen atoms in total. The molecule has 2 aromatic carbocycles. The van der Waals surface area contributed by atoms with Crippen molar-refractivity contribution in [2.45, 2.75) is 147 Å². The van der Waals surface area contributed by atoms with E-state index in [1.807, 2.05) is 0 Å². The Hall–Kier alpha value is -2.39. The maximum absolute atomic E-state index is 13.6. The molecule has 0 amide bonds. The molecule has 3 unspecified atom stereocenters. The van der Waals surface area contributed by atoms with Gasteiger partial charge in [0.1, 0.15) is 6.10 Å². The Labute approximate surface area is 305 Å². The van der Waals surface area contributed by atoms with Gasteiger partial charge in [-0.3, -0.25) is 9.69 Å². The second-order valence-corrected chi connectivity index (χ2v) is 15.6. The minimum atomic E-state index is -5.23. The molecule has 3 aliphatic heterocycles. The van der Waals surface area contributed by atoms with Crippen LogP contribution in [0.2, 0.25) is 0 Å². The van der Waals surface area contributed by atoms with Crippen LogP contribution in [0.15, 0.2) is 34.8 Å². The summed E-state index contributed by atoms with van der Waals surface area (Å²) < 4.78 is 53.0. The lowest BCUT2D eigenvalue weighted by molar-refractivity contribution is -0.189. The van der Waals surface area contributed by atoms with E-state index < -0.39 is 23.7 Å². The number of hydrogen-bond acceptors (Lipinski definition) is 5. The van der Waals surface area contributed by atoms with Gasteiger partial charge in [-0.15, -0.1) is 0 Å². The van der Waals surface area contributed by atoms with Crippen LogP contribution < -0.4 is 9.47 Å². The summed E-state index contributed by atoms with van der Waals surface area (Å²) in [5.41, 5.74) is 1.31. The first kappa shape index (κ1) is 38.8. The Kier molecular flexibility index (Phi) is 15.1. The van der Waals surface area contributed by atoms with Crippen LogP contribution in [0.5, 0.6) is 11.5 Å². The molecule has 0 aromatic heterocycles. The van der Waals surface area contributed by atoms with Gasteiger partial charge in [-0.25, -0.2) is 4.79 Å². The SMILES string of the molecule is O=C1c2cc(Br)ccc2-c2ccc(OC3CN4CCCCCCCCCCCCCCCCCCCCCC3CC4)c(OC(=O)C(F)(F)F)c21. The lowest BCUT2D eigenvalue weighted by Crippen LogP contribution is -2.47. The van der Waals surface area contributed by atoms with Crippen LogP contribution in [0.3, 0.4) is 0 Å². The van der Waals surface area contributed by atoms with E-state index in [0.717, 1.165) is 45.2 Å². The van der Waals surface area contributed by atoms with Crippen molar-refractivity contribution in [1.29, 1.82) is 0 Å². The molecule has 2 bridgehead atoms. The van der Waals surface area contributed by atoms with E-state index in [4.69, 9.17) is 9.47 Å². The maximum Gasteiger partial charge on any atom is 0.491 e. The van der Waals surface area contributed by atoms with Gasteiger partial charge in [-0.05, 0) is 73.7 Å². The number of halogens is 4. The van der Waals surface area contributed by atoms with Crippen molar-refractivity contribution in [2.24, 2.45) is 5.92 Å².